The molecule has 5 nitrogen and oxygen atoms in total. The van der Waals surface area contributed by atoms with Gasteiger partial charge in [-0.05, 0) is 41.7 Å². The van der Waals surface area contributed by atoms with E-state index in [2.05, 4.69) is 0 Å². The van der Waals surface area contributed by atoms with Crippen LogP contribution in [0.15, 0.2) is 35.2 Å². The molecule has 0 atom stereocenters. The molecular formula is C19H21ClO5S. The minimum absolute atomic E-state index is 0.0250. The van der Waals surface area contributed by atoms with E-state index in [0.29, 0.717) is 10.6 Å². The third-order valence-electron chi connectivity index (χ3n) is 4.14. The van der Waals surface area contributed by atoms with Crippen molar-refractivity contribution in [1.29, 1.82) is 0 Å². The first-order valence-electron chi connectivity index (χ1n) is 7.92. The molecule has 2 aromatic rings. The maximum atomic E-state index is 13.0. The standard InChI is InChI=1S/C19H21ClO5S/c1-11-15(26(24,25)10-12-5-7-13(20)8-6-12)9-14(19(2,3)4)17(21)16(11)18(22)23/h5-9,21H,10H2,1-4H3,(H,22,23). The number of aromatic carboxylic acids is 1. The van der Waals surface area contributed by atoms with Gasteiger partial charge in [0.2, 0.25) is 0 Å². The number of carboxylic acids is 1. The highest BCUT2D eigenvalue weighted by Crippen LogP contribution is 2.39. The van der Waals surface area contributed by atoms with Gasteiger partial charge in [0.05, 0.1) is 10.6 Å². The fourth-order valence-electron chi connectivity index (χ4n) is 2.78. The van der Waals surface area contributed by atoms with Crippen molar-refractivity contribution in [3.05, 3.63) is 57.6 Å². The van der Waals surface area contributed by atoms with E-state index in [1.807, 2.05) is 0 Å². The van der Waals surface area contributed by atoms with Gasteiger partial charge in [-0.25, -0.2) is 13.2 Å². The molecule has 0 aliphatic carbocycles. The van der Waals surface area contributed by atoms with E-state index in [1.54, 1.807) is 45.0 Å². The third-order valence-corrected chi connectivity index (χ3v) is 6.20. The molecule has 2 N–H and O–H groups in total. The van der Waals surface area contributed by atoms with Crippen LogP contribution < -0.4 is 0 Å². The Morgan fingerprint density at radius 3 is 2.15 bits per heavy atom. The Balaban J connectivity index is 2.69. The number of benzene rings is 2. The van der Waals surface area contributed by atoms with E-state index in [4.69, 9.17) is 11.6 Å². The summed E-state index contributed by atoms with van der Waals surface area (Å²) < 4.78 is 25.9. The Morgan fingerprint density at radius 1 is 1.15 bits per heavy atom. The molecule has 0 fully saturated rings. The van der Waals surface area contributed by atoms with E-state index in [-0.39, 0.29) is 27.3 Å². The molecule has 7 heteroatoms. The lowest BCUT2D eigenvalue weighted by Crippen LogP contribution is -2.18. The smallest absolute Gasteiger partial charge is 0.339 e. The fourth-order valence-corrected chi connectivity index (χ4v) is 4.56. The zero-order chi connectivity index (χ0) is 19.9. The van der Waals surface area contributed by atoms with Crippen molar-refractivity contribution >= 4 is 27.4 Å². The molecule has 140 valence electrons. The van der Waals surface area contributed by atoms with Crippen LogP contribution in [0.5, 0.6) is 5.75 Å². The predicted octanol–water partition coefficient (Wildman–Crippen LogP) is 4.32. The summed E-state index contributed by atoms with van der Waals surface area (Å²) in [5.41, 5.74) is -0.178. The van der Waals surface area contributed by atoms with Gasteiger partial charge in [0.25, 0.3) is 0 Å². The lowest BCUT2D eigenvalue weighted by molar-refractivity contribution is 0.0692. The van der Waals surface area contributed by atoms with E-state index < -0.39 is 27.0 Å². The Morgan fingerprint density at radius 2 is 1.69 bits per heavy atom. The van der Waals surface area contributed by atoms with Crippen LogP contribution in [0.2, 0.25) is 5.02 Å². The van der Waals surface area contributed by atoms with Gasteiger partial charge in [-0.15, -0.1) is 0 Å². The number of aromatic hydroxyl groups is 1. The molecular weight excluding hydrogens is 376 g/mol. The van der Waals surface area contributed by atoms with Crippen LogP contribution in [0.25, 0.3) is 0 Å². The number of carbonyl (C=O) groups is 1. The van der Waals surface area contributed by atoms with Gasteiger partial charge in [-0.1, -0.05) is 44.5 Å². The van der Waals surface area contributed by atoms with E-state index >= 15 is 0 Å². The molecule has 0 aliphatic heterocycles. The lowest BCUT2D eigenvalue weighted by atomic mass is 9.84. The molecule has 0 saturated carbocycles. The van der Waals surface area contributed by atoms with Gasteiger partial charge >= 0.3 is 5.97 Å². The SMILES string of the molecule is Cc1c(S(=O)(=O)Cc2ccc(Cl)cc2)cc(C(C)(C)C)c(O)c1C(=O)O. The topological polar surface area (TPSA) is 91.7 Å². The minimum Gasteiger partial charge on any atom is -0.507 e. The monoisotopic (exact) mass is 396 g/mol. The molecule has 0 spiro atoms. The van der Waals surface area contributed by atoms with Crippen molar-refractivity contribution in [2.24, 2.45) is 0 Å². The molecule has 0 heterocycles. The van der Waals surface area contributed by atoms with E-state index in [1.165, 1.54) is 13.0 Å². The van der Waals surface area contributed by atoms with Crippen LogP contribution in [0.1, 0.15) is 47.8 Å². The van der Waals surface area contributed by atoms with Gasteiger partial charge in [0.1, 0.15) is 11.3 Å². The zero-order valence-corrected chi connectivity index (χ0v) is 16.6. The van der Waals surface area contributed by atoms with Crippen LogP contribution in [0, 0.1) is 6.92 Å². The average molecular weight is 397 g/mol. The lowest BCUT2D eigenvalue weighted by Gasteiger charge is -2.24. The average Bonchev–Trinajstić information content (AvgIpc) is 2.47. The Bertz CT molecular complexity index is 955. The Kier molecular flexibility index (Phi) is 5.40. The fraction of sp³-hybridized carbons (Fsp3) is 0.316. The second-order valence-corrected chi connectivity index (χ2v) is 9.61. The molecule has 0 aliphatic rings. The van der Waals surface area contributed by atoms with Crippen LogP contribution in [-0.4, -0.2) is 24.6 Å². The third kappa shape index (κ3) is 4.02. The van der Waals surface area contributed by atoms with Gasteiger partial charge in [-0.3, -0.25) is 0 Å². The molecule has 0 radical (unpaired) electrons. The molecule has 0 unspecified atom stereocenters. The number of phenols is 1. The molecule has 2 aromatic carbocycles. The zero-order valence-electron chi connectivity index (χ0n) is 15.0. The van der Waals surface area contributed by atoms with Crippen LogP contribution in [0.4, 0.5) is 0 Å². The quantitative estimate of drug-likeness (QED) is 0.802. The minimum atomic E-state index is -3.83. The van der Waals surface area contributed by atoms with Gasteiger partial charge in [0, 0.05) is 10.6 Å². The largest absolute Gasteiger partial charge is 0.507 e. The first-order chi connectivity index (χ1) is 11.8. The van der Waals surface area contributed by atoms with Gasteiger partial charge < -0.3 is 10.2 Å². The summed E-state index contributed by atoms with van der Waals surface area (Å²) in [6.07, 6.45) is 0. The number of rotatable bonds is 4. The first kappa shape index (κ1) is 20.3. The highest BCUT2D eigenvalue weighted by Gasteiger charge is 2.30. The molecule has 0 amide bonds. The van der Waals surface area contributed by atoms with Gasteiger partial charge in [-0.2, -0.15) is 0 Å². The summed E-state index contributed by atoms with van der Waals surface area (Å²) in [4.78, 5) is 11.5. The Hall–Kier alpha value is -2.05. The highest BCUT2D eigenvalue weighted by atomic mass is 35.5. The molecule has 0 aromatic heterocycles. The normalized spacial score (nSPS) is 12.2. The Labute approximate surface area is 158 Å². The number of sulfone groups is 1. The van der Waals surface area contributed by atoms with Crippen molar-refractivity contribution in [3.8, 4) is 5.75 Å². The van der Waals surface area contributed by atoms with Crippen molar-refractivity contribution in [2.45, 2.75) is 43.8 Å². The van der Waals surface area contributed by atoms with Gasteiger partial charge in [0.15, 0.2) is 9.84 Å². The maximum absolute atomic E-state index is 13.0. The van der Waals surface area contributed by atoms with E-state index in [9.17, 15) is 23.4 Å². The summed E-state index contributed by atoms with van der Waals surface area (Å²) >= 11 is 5.83. The molecule has 0 bridgehead atoms. The summed E-state index contributed by atoms with van der Waals surface area (Å²) in [5, 5.41) is 20.4. The maximum Gasteiger partial charge on any atom is 0.339 e. The number of hydrogen-bond donors (Lipinski definition) is 2. The van der Waals surface area contributed by atoms with Crippen LogP contribution in [0.3, 0.4) is 0 Å². The number of hydrogen-bond acceptors (Lipinski definition) is 4. The summed E-state index contributed by atoms with van der Waals surface area (Å²) in [5.74, 6) is -2.06. The number of carboxylic acid groups (broad SMARTS) is 1. The molecule has 0 saturated heterocycles. The molecule has 26 heavy (non-hydrogen) atoms. The second kappa shape index (κ2) is 6.93. The van der Waals surface area contributed by atoms with Crippen LogP contribution in [-0.2, 0) is 21.0 Å². The summed E-state index contributed by atoms with van der Waals surface area (Å²) in [6, 6.07) is 7.79. The van der Waals surface area contributed by atoms with Crippen molar-refractivity contribution in [1.82, 2.24) is 0 Å². The predicted molar refractivity (Wildman–Crippen MR) is 101 cm³/mol. The second-order valence-electron chi connectivity index (χ2n) is 7.21. The van der Waals surface area contributed by atoms with Crippen molar-refractivity contribution < 1.29 is 23.4 Å². The van der Waals surface area contributed by atoms with Crippen LogP contribution >= 0.6 is 11.6 Å². The number of halogens is 1. The first-order valence-corrected chi connectivity index (χ1v) is 9.95. The van der Waals surface area contributed by atoms with E-state index in [0.717, 1.165) is 0 Å². The van der Waals surface area contributed by atoms with Crippen molar-refractivity contribution in [2.75, 3.05) is 0 Å². The highest BCUT2D eigenvalue weighted by molar-refractivity contribution is 7.90. The molecule has 2 rings (SSSR count). The summed E-state index contributed by atoms with van der Waals surface area (Å²) in [7, 11) is -3.83. The summed E-state index contributed by atoms with van der Waals surface area (Å²) in [6.45, 7) is 6.72. The van der Waals surface area contributed by atoms with Crippen molar-refractivity contribution in [3.63, 3.8) is 0 Å².